The lowest BCUT2D eigenvalue weighted by Gasteiger charge is -2.25. The fourth-order valence-electron chi connectivity index (χ4n) is 4.36. The zero-order valence-corrected chi connectivity index (χ0v) is 23.7. The van der Waals surface area contributed by atoms with Crippen LogP contribution in [-0.2, 0) is 9.53 Å². The summed E-state index contributed by atoms with van der Waals surface area (Å²) in [6.07, 6.45) is 3.47. The number of benzene rings is 2. The van der Waals surface area contributed by atoms with Crippen LogP contribution in [0.2, 0.25) is 0 Å². The topological polar surface area (TPSA) is 82.4 Å². The number of ether oxygens (including phenoxy) is 3. The van der Waals surface area contributed by atoms with E-state index in [1.165, 1.54) is 11.3 Å². The number of esters is 1. The monoisotopic (exact) mass is 547 g/mol. The number of hydrogen-bond acceptors (Lipinski definition) is 8. The fraction of sp³-hybridized carbons (Fsp3) is 0.300. The average molecular weight is 548 g/mol. The predicted octanol–water partition coefficient (Wildman–Crippen LogP) is 3.83. The normalized spacial score (nSPS) is 14.9. The van der Waals surface area contributed by atoms with Crippen molar-refractivity contribution in [2.24, 2.45) is 4.99 Å². The van der Waals surface area contributed by atoms with Crippen molar-refractivity contribution in [3.05, 3.63) is 97.2 Å². The SMILES string of the molecule is C=CCOc1ccc(/C=c2\sc3n(c2=O)[C@@H](c2ccc(N(C)C)cc2)C(C(=O)OCC)=C(C)N=3)cc1OCC. The Morgan fingerprint density at radius 3 is 2.49 bits per heavy atom. The highest BCUT2D eigenvalue weighted by molar-refractivity contribution is 7.07. The van der Waals surface area contributed by atoms with Gasteiger partial charge >= 0.3 is 5.97 Å². The maximum atomic E-state index is 13.9. The van der Waals surface area contributed by atoms with Crippen molar-refractivity contribution in [1.82, 2.24) is 4.57 Å². The number of thiazole rings is 1. The Morgan fingerprint density at radius 2 is 1.85 bits per heavy atom. The second kappa shape index (κ2) is 12.2. The molecule has 0 aliphatic carbocycles. The molecule has 8 nitrogen and oxygen atoms in total. The highest BCUT2D eigenvalue weighted by atomic mass is 32.1. The highest BCUT2D eigenvalue weighted by Gasteiger charge is 2.33. The van der Waals surface area contributed by atoms with Gasteiger partial charge in [0.25, 0.3) is 5.56 Å². The Labute approximate surface area is 231 Å². The van der Waals surface area contributed by atoms with Gasteiger partial charge in [-0.15, -0.1) is 0 Å². The molecule has 0 unspecified atom stereocenters. The van der Waals surface area contributed by atoms with Crippen molar-refractivity contribution >= 4 is 29.1 Å². The van der Waals surface area contributed by atoms with Gasteiger partial charge in [0.15, 0.2) is 16.3 Å². The molecule has 3 aromatic rings. The molecule has 9 heteroatoms. The number of fused-ring (bicyclic) bond motifs is 1. The number of nitrogens with zero attached hydrogens (tertiary/aromatic N) is 3. The van der Waals surface area contributed by atoms with E-state index in [9.17, 15) is 9.59 Å². The van der Waals surface area contributed by atoms with Crippen LogP contribution in [0.3, 0.4) is 0 Å². The van der Waals surface area contributed by atoms with E-state index in [4.69, 9.17) is 14.2 Å². The number of aromatic nitrogens is 1. The molecule has 1 aliphatic heterocycles. The molecule has 0 N–H and O–H groups in total. The number of carbonyl (C=O) groups is 1. The molecule has 0 saturated carbocycles. The minimum absolute atomic E-state index is 0.223. The number of hydrogen-bond donors (Lipinski definition) is 0. The molecule has 2 aromatic carbocycles. The molecule has 1 atom stereocenters. The quantitative estimate of drug-likeness (QED) is 0.284. The first-order valence-corrected chi connectivity index (χ1v) is 13.6. The molecule has 2 heterocycles. The summed E-state index contributed by atoms with van der Waals surface area (Å²) in [6.45, 7) is 10.2. The first kappa shape index (κ1) is 27.9. The summed E-state index contributed by atoms with van der Waals surface area (Å²) in [4.78, 5) is 34.1. The Kier molecular flexibility index (Phi) is 8.71. The standard InChI is InChI=1S/C30H33N3O5S/c1-7-16-38-23-15-10-20(17-24(23)36-8-2)18-25-28(34)33-27(21-11-13-22(14-12-21)32(5)6)26(29(35)37-9-3)19(4)31-30(33)39-25/h7,10-15,17-18,27H,1,8-9,16H2,2-6H3/b25-18-/t27-/m0/s1. The third-order valence-corrected chi connectivity index (χ3v) is 7.15. The van der Waals surface area contributed by atoms with E-state index in [2.05, 4.69) is 11.6 Å². The largest absolute Gasteiger partial charge is 0.490 e. The molecule has 0 fully saturated rings. The summed E-state index contributed by atoms with van der Waals surface area (Å²) >= 11 is 1.28. The fourth-order valence-corrected chi connectivity index (χ4v) is 5.41. The zero-order valence-electron chi connectivity index (χ0n) is 22.9. The van der Waals surface area contributed by atoms with Gasteiger partial charge in [-0.2, -0.15) is 0 Å². The van der Waals surface area contributed by atoms with Gasteiger partial charge in [-0.3, -0.25) is 9.36 Å². The smallest absolute Gasteiger partial charge is 0.338 e. The van der Waals surface area contributed by atoms with Crippen LogP contribution in [0.4, 0.5) is 5.69 Å². The third kappa shape index (κ3) is 5.83. The minimum Gasteiger partial charge on any atom is -0.490 e. The van der Waals surface area contributed by atoms with Crippen LogP contribution in [0.15, 0.2) is 76.2 Å². The Hall–Kier alpha value is -4.11. The van der Waals surface area contributed by atoms with E-state index in [-0.39, 0.29) is 12.2 Å². The van der Waals surface area contributed by atoms with E-state index in [1.54, 1.807) is 30.6 Å². The molecule has 0 bridgehead atoms. The van der Waals surface area contributed by atoms with E-state index in [0.29, 0.717) is 45.3 Å². The van der Waals surface area contributed by atoms with Gasteiger partial charge in [-0.05, 0) is 62.2 Å². The van der Waals surface area contributed by atoms with Crippen molar-refractivity contribution in [2.45, 2.75) is 26.8 Å². The summed E-state index contributed by atoms with van der Waals surface area (Å²) < 4.78 is 18.9. The Balaban J connectivity index is 1.86. The summed E-state index contributed by atoms with van der Waals surface area (Å²) in [5.41, 5.74) is 3.24. The van der Waals surface area contributed by atoms with Gasteiger partial charge in [-0.1, -0.05) is 42.2 Å². The van der Waals surface area contributed by atoms with Gasteiger partial charge in [0.05, 0.1) is 35.1 Å². The molecule has 0 radical (unpaired) electrons. The van der Waals surface area contributed by atoms with Crippen molar-refractivity contribution in [2.75, 3.05) is 38.8 Å². The molecule has 39 heavy (non-hydrogen) atoms. The predicted molar refractivity (Wildman–Crippen MR) is 154 cm³/mol. The molecular formula is C30H33N3O5S. The van der Waals surface area contributed by atoms with Gasteiger partial charge in [0.2, 0.25) is 0 Å². The number of anilines is 1. The molecular weight excluding hydrogens is 514 g/mol. The van der Waals surface area contributed by atoms with Crippen molar-refractivity contribution in [3.63, 3.8) is 0 Å². The van der Waals surface area contributed by atoms with Crippen molar-refractivity contribution < 1.29 is 19.0 Å². The summed E-state index contributed by atoms with van der Waals surface area (Å²) in [7, 11) is 3.92. The number of allylic oxidation sites excluding steroid dienone is 1. The second-order valence-electron chi connectivity index (χ2n) is 9.03. The molecule has 1 aliphatic rings. The van der Waals surface area contributed by atoms with Crippen LogP contribution < -0.4 is 29.3 Å². The van der Waals surface area contributed by atoms with Crippen LogP contribution in [0.1, 0.15) is 37.9 Å². The van der Waals surface area contributed by atoms with E-state index < -0.39 is 12.0 Å². The van der Waals surface area contributed by atoms with Gasteiger partial charge in [-0.25, -0.2) is 9.79 Å². The van der Waals surface area contributed by atoms with Crippen LogP contribution in [0, 0.1) is 0 Å². The molecule has 0 spiro atoms. The maximum absolute atomic E-state index is 13.9. The van der Waals surface area contributed by atoms with Crippen LogP contribution in [0.25, 0.3) is 6.08 Å². The Bertz CT molecular complexity index is 1580. The number of rotatable bonds is 10. The zero-order chi connectivity index (χ0) is 28.1. The van der Waals surface area contributed by atoms with E-state index >= 15 is 0 Å². The lowest BCUT2D eigenvalue weighted by atomic mass is 9.95. The van der Waals surface area contributed by atoms with Crippen LogP contribution in [-0.4, -0.2) is 44.5 Å². The van der Waals surface area contributed by atoms with Crippen molar-refractivity contribution in [3.8, 4) is 11.5 Å². The maximum Gasteiger partial charge on any atom is 0.338 e. The summed E-state index contributed by atoms with van der Waals surface area (Å²) in [6, 6.07) is 12.7. The molecule has 0 amide bonds. The lowest BCUT2D eigenvalue weighted by Crippen LogP contribution is -2.39. The molecule has 0 saturated heterocycles. The van der Waals surface area contributed by atoms with Gasteiger partial charge < -0.3 is 19.1 Å². The van der Waals surface area contributed by atoms with Gasteiger partial charge in [0.1, 0.15) is 6.61 Å². The third-order valence-electron chi connectivity index (χ3n) is 6.16. The summed E-state index contributed by atoms with van der Waals surface area (Å²) in [5.74, 6) is 0.706. The highest BCUT2D eigenvalue weighted by Crippen LogP contribution is 2.32. The van der Waals surface area contributed by atoms with Gasteiger partial charge in [0, 0.05) is 19.8 Å². The van der Waals surface area contributed by atoms with Crippen molar-refractivity contribution in [1.29, 1.82) is 0 Å². The molecule has 4 rings (SSSR count). The molecule has 204 valence electrons. The average Bonchev–Trinajstić information content (AvgIpc) is 3.21. The summed E-state index contributed by atoms with van der Waals surface area (Å²) in [5, 5.41) is 0. The second-order valence-corrected chi connectivity index (χ2v) is 10.0. The number of carbonyl (C=O) groups excluding carboxylic acids is 1. The van der Waals surface area contributed by atoms with E-state index in [0.717, 1.165) is 16.8 Å². The minimum atomic E-state index is -0.660. The Morgan fingerprint density at radius 1 is 1.10 bits per heavy atom. The van der Waals surface area contributed by atoms with Crippen LogP contribution in [0.5, 0.6) is 11.5 Å². The lowest BCUT2D eigenvalue weighted by molar-refractivity contribution is -0.139. The first-order chi connectivity index (χ1) is 18.8. The van der Waals surface area contributed by atoms with E-state index in [1.807, 2.05) is 68.4 Å². The molecule has 1 aromatic heterocycles. The van der Waals surface area contributed by atoms with Crippen LogP contribution >= 0.6 is 11.3 Å². The first-order valence-electron chi connectivity index (χ1n) is 12.8.